The van der Waals surface area contributed by atoms with E-state index in [0.29, 0.717) is 0 Å². The zero-order valence-electron chi connectivity index (χ0n) is 5.96. The van der Waals surface area contributed by atoms with E-state index in [9.17, 15) is 4.79 Å². The van der Waals surface area contributed by atoms with E-state index in [1.807, 2.05) is 0 Å². The van der Waals surface area contributed by atoms with E-state index < -0.39 is 5.97 Å². The Balaban J connectivity index is -0.000000245. The minimum absolute atomic E-state index is 0. The van der Waals surface area contributed by atoms with Gasteiger partial charge in [-0.2, -0.15) is 0 Å². The summed E-state index contributed by atoms with van der Waals surface area (Å²) in [5.74, 6) is -0.946. The zero-order valence-corrected chi connectivity index (χ0v) is 8.59. The third-order valence-electron chi connectivity index (χ3n) is 0.338. The normalized spacial score (nSPS) is 7.56. The third-order valence-corrected chi connectivity index (χ3v) is 1.37. The van der Waals surface area contributed by atoms with Gasteiger partial charge in [-0.1, -0.05) is 24.0 Å². The van der Waals surface area contributed by atoms with Crippen LogP contribution in [0.1, 0.15) is 1.43 Å². The van der Waals surface area contributed by atoms with Crippen LogP contribution in [-0.4, -0.2) is 21.1 Å². The molecule has 0 bridgehead atoms. The number of carboxylic acids is 1. The average molecular weight is 175 g/mol. The molecule has 3 N–H and O–H groups in total. The number of nitrogens with two attached hydrogens (primary N) is 1. The molecule has 0 saturated carbocycles. The van der Waals surface area contributed by atoms with Crippen molar-refractivity contribution in [1.29, 1.82) is 0 Å². The number of carbonyl (C=O) groups is 1. The fourth-order valence-electron chi connectivity index (χ4n) is 0.133. The molecule has 0 spiro atoms. The molecule has 0 atom stereocenters. The Morgan fingerprint density at radius 1 is 1.89 bits per heavy atom. The number of thiocarbonyl (C=S) groups is 1. The summed E-state index contributed by atoms with van der Waals surface area (Å²) in [5, 5.41) is 8.03. The molecule has 6 heteroatoms. The number of carboxylic acid groups (broad SMARTS) is 1. The second kappa shape index (κ2) is 6.82. The van der Waals surface area contributed by atoms with Gasteiger partial charge in [0.25, 0.3) is 0 Å². The van der Waals surface area contributed by atoms with Crippen LogP contribution < -0.4 is 35.3 Å². The molecule has 0 unspecified atom stereocenters. The van der Waals surface area contributed by atoms with Crippen LogP contribution in [-0.2, 0) is 4.79 Å². The summed E-state index contributed by atoms with van der Waals surface area (Å²) in [6.07, 6.45) is 0. The van der Waals surface area contributed by atoms with Crippen molar-refractivity contribution in [2.75, 3.05) is 5.75 Å². The van der Waals surface area contributed by atoms with E-state index in [-0.39, 0.29) is 41.1 Å². The minimum atomic E-state index is -0.900. The second-order valence-corrected chi connectivity index (χ2v) is 2.72. The Bertz CT molecular complexity index is 109. The van der Waals surface area contributed by atoms with Gasteiger partial charge in [0.15, 0.2) is 0 Å². The predicted molar refractivity (Wildman–Crippen MR) is 38.0 cm³/mol. The van der Waals surface area contributed by atoms with Gasteiger partial charge in [0.2, 0.25) is 0 Å². The van der Waals surface area contributed by atoms with Crippen molar-refractivity contribution in [3.05, 3.63) is 0 Å². The summed E-state index contributed by atoms with van der Waals surface area (Å²) in [7, 11) is 0. The van der Waals surface area contributed by atoms with Crippen molar-refractivity contribution in [2.24, 2.45) is 5.73 Å². The zero-order chi connectivity index (χ0) is 6.57. The average Bonchev–Trinajstić information content (AvgIpc) is 1.61. The van der Waals surface area contributed by atoms with Gasteiger partial charge < -0.3 is 12.3 Å². The van der Waals surface area contributed by atoms with Crippen molar-refractivity contribution in [2.45, 2.75) is 0 Å². The van der Waals surface area contributed by atoms with Crippen molar-refractivity contribution in [3.8, 4) is 0 Å². The fraction of sp³-hybridized carbons (Fsp3) is 0.333. The number of aliphatic carboxylic acids is 1. The van der Waals surface area contributed by atoms with Gasteiger partial charge in [0.05, 0.1) is 5.75 Å². The molecule has 9 heavy (non-hydrogen) atoms. The molecule has 48 valence electrons. The number of rotatable bonds is 2. The molecule has 0 aromatic carbocycles. The summed E-state index contributed by atoms with van der Waals surface area (Å²) < 4.78 is 0.174. The molecule has 0 aliphatic heterocycles. The molecule has 0 rings (SSSR count). The minimum Gasteiger partial charge on any atom is -1.00 e. The first-order valence-electron chi connectivity index (χ1n) is 1.77. The predicted octanol–water partition coefficient (Wildman–Crippen LogP) is -2.84. The van der Waals surface area contributed by atoms with Crippen molar-refractivity contribution >= 4 is 34.3 Å². The summed E-state index contributed by atoms with van der Waals surface area (Å²) in [4.78, 5) is 9.77. The van der Waals surface area contributed by atoms with Crippen LogP contribution in [0.3, 0.4) is 0 Å². The van der Waals surface area contributed by atoms with Crippen molar-refractivity contribution in [3.63, 3.8) is 0 Å². The molecule has 0 fully saturated rings. The molecule has 0 amide bonds. The van der Waals surface area contributed by atoms with E-state index in [1.54, 1.807) is 0 Å². The van der Waals surface area contributed by atoms with Crippen LogP contribution >= 0.6 is 24.0 Å². The quantitative estimate of drug-likeness (QED) is 0.350. The van der Waals surface area contributed by atoms with E-state index in [1.165, 1.54) is 0 Å². The van der Waals surface area contributed by atoms with Gasteiger partial charge in [-0.15, -0.1) is 0 Å². The SMILES string of the molecule is NC(=S)SCC(=O)O.[H-].[Na+]. The summed E-state index contributed by atoms with van der Waals surface area (Å²) in [6, 6.07) is 0. The standard InChI is InChI=1S/C3H5NO2S2.Na.H/c4-3(7)8-1-2(5)6;;/h1H2,(H2,4,7)(H,5,6);;/q;+1;-1. The summed E-state index contributed by atoms with van der Waals surface area (Å²) >= 11 is 5.34. The Kier molecular flexibility index (Phi) is 9.40. The smallest absolute Gasteiger partial charge is 1.00 e. The molecule has 0 aromatic heterocycles. The van der Waals surface area contributed by atoms with Crippen molar-refractivity contribution in [1.82, 2.24) is 0 Å². The first-order valence-corrected chi connectivity index (χ1v) is 3.16. The molecule has 0 aliphatic carbocycles. The maximum absolute atomic E-state index is 9.77. The Morgan fingerprint density at radius 3 is 2.44 bits per heavy atom. The topological polar surface area (TPSA) is 63.3 Å². The summed E-state index contributed by atoms with van der Waals surface area (Å²) in [6.45, 7) is 0. The van der Waals surface area contributed by atoms with Crippen LogP contribution in [0.15, 0.2) is 0 Å². The van der Waals surface area contributed by atoms with Gasteiger partial charge in [-0.25, -0.2) is 0 Å². The van der Waals surface area contributed by atoms with Crippen LogP contribution in [0.4, 0.5) is 0 Å². The van der Waals surface area contributed by atoms with Gasteiger partial charge in [0, 0.05) is 0 Å². The fourth-order valence-corrected chi connectivity index (χ4v) is 0.575. The number of hydrogen-bond acceptors (Lipinski definition) is 3. The van der Waals surface area contributed by atoms with Gasteiger partial charge in [-0.3, -0.25) is 4.79 Å². The van der Waals surface area contributed by atoms with Gasteiger partial charge in [0.1, 0.15) is 4.32 Å². The van der Waals surface area contributed by atoms with E-state index in [4.69, 9.17) is 10.8 Å². The molecule has 0 heterocycles. The maximum Gasteiger partial charge on any atom is 1.00 e. The van der Waals surface area contributed by atoms with Crippen LogP contribution in [0.25, 0.3) is 0 Å². The molecule has 0 radical (unpaired) electrons. The van der Waals surface area contributed by atoms with Gasteiger partial charge in [-0.05, 0) is 0 Å². The Hall–Kier alpha value is 0.710. The molecular formula is C3H6NNaO2S2. The largest absolute Gasteiger partial charge is 1.00 e. The first kappa shape index (κ1) is 12.4. The first-order chi connectivity index (χ1) is 3.63. The maximum atomic E-state index is 9.77. The van der Waals surface area contributed by atoms with Crippen LogP contribution in [0.2, 0.25) is 0 Å². The Morgan fingerprint density at radius 2 is 2.33 bits per heavy atom. The third kappa shape index (κ3) is 12.0. The molecular weight excluding hydrogens is 169 g/mol. The van der Waals surface area contributed by atoms with E-state index in [0.717, 1.165) is 11.8 Å². The monoisotopic (exact) mass is 175 g/mol. The summed E-state index contributed by atoms with van der Waals surface area (Å²) in [5.41, 5.74) is 4.97. The van der Waals surface area contributed by atoms with E-state index >= 15 is 0 Å². The number of hydrogen-bond donors (Lipinski definition) is 2. The molecule has 0 aromatic rings. The van der Waals surface area contributed by atoms with Crippen molar-refractivity contribution < 1.29 is 40.9 Å². The molecule has 0 saturated heterocycles. The van der Waals surface area contributed by atoms with Crippen LogP contribution in [0.5, 0.6) is 0 Å². The molecule has 3 nitrogen and oxygen atoms in total. The Labute approximate surface area is 86.1 Å². The molecule has 0 aliphatic rings. The number of thioether (sulfide) groups is 1. The van der Waals surface area contributed by atoms with Gasteiger partial charge >= 0.3 is 35.5 Å². The van der Waals surface area contributed by atoms with E-state index in [2.05, 4.69) is 12.2 Å². The van der Waals surface area contributed by atoms with Crippen LogP contribution in [0, 0.1) is 0 Å². The second-order valence-electron chi connectivity index (χ2n) is 1.00.